The van der Waals surface area contributed by atoms with Crippen LogP contribution in [0.1, 0.15) is 28.9 Å². The third kappa shape index (κ3) is 1.30. The van der Waals surface area contributed by atoms with Crippen molar-refractivity contribution in [1.29, 1.82) is 0 Å². The quantitative estimate of drug-likeness (QED) is 0.697. The average molecular weight is 176 g/mol. The van der Waals surface area contributed by atoms with Gasteiger partial charge in [0.25, 0.3) is 0 Å². The van der Waals surface area contributed by atoms with Crippen LogP contribution in [-0.4, -0.2) is 16.0 Å². The molecule has 1 N–H and O–H groups in total. The number of carbonyl (C=O) groups is 1. The van der Waals surface area contributed by atoms with Gasteiger partial charge in [0, 0.05) is 11.6 Å². The number of nitrogens with one attached hydrogen (secondary N) is 1. The highest BCUT2D eigenvalue weighted by Gasteiger charge is 2.27. The standard InChI is InChI=1S/C10H12N2O/c1-2-3-7-4-5-9-8(10(7)13)6-11-12-9/h2,6-7H,1,3-5H2,(H,11,12). The summed E-state index contributed by atoms with van der Waals surface area (Å²) < 4.78 is 0. The summed E-state index contributed by atoms with van der Waals surface area (Å²) in [5.74, 6) is 0.345. The molecule has 1 aromatic rings. The molecule has 2 rings (SSSR count). The van der Waals surface area contributed by atoms with Gasteiger partial charge in [0.15, 0.2) is 5.78 Å². The number of Topliss-reactive ketones (excluding diaryl/α,β-unsaturated/α-hetero) is 1. The highest BCUT2D eigenvalue weighted by molar-refractivity contribution is 5.99. The molecule has 1 unspecified atom stereocenters. The van der Waals surface area contributed by atoms with Crippen LogP contribution in [0.25, 0.3) is 0 Å². The van der Waals surface area contributed by atoms with E-state index in [0.717, 1.165) is 30.5 Å². The molecule has 0 aliphatic heterocycles. The lowest BCUT2D eigenvalue weighted by atomic mass is 9.84. The Bertz CT molecular complexity index is 340. The first-order valence-electron chi connectivity index (χ1n) is 4.50. The predicted molar refractivity (Wildman–Crippen MR) is 49.5 cm³/mol. The molecule has 3 heteroatoms. The smallest absolute Gasteiger partial charge is 0.169 e. The van der Waals surface area contributed by atoms with Crippen LogP contribution in [0.15, 0.2) is 18.9 Å². The van der Waals surface area contributed by atoms with Gasteiger partial charge in [-0.1, -0.05) is 6.08 Å². The van der Waals surface area contributed by atoms with Crippen molar-refractivity contribution in [2.24, 2.45) is 5.92 Å². The van der Waals surface area contributed by atoms with Crippen molar-refractivity contribution >= 4 is 5.78 Å². The van der Waals surface area contributed by atoms with Gasteiger partial charge in [-0.25, -0.2) is 0 Å². The number of hydrogen-bond acceptors (Lipinski definition) is 2. The number of fused-ring (bicyclic) bond motifs is 1. The van der Waals surface area contributed by atoms with Crippen LogP contribution >= 0.6 is 0 Å². The summed E-state index contributed by atoms with van der Waals surface area (Å²) in [4.78, 5) is 11.8. The molecule has 0 bridgehead atoms. The van der Waals surface area contributed by atoms with E-state index < -0.39 is 0 Å². The lowest BCUT2D eigenvalue weighted by Gasteiger charge is -2.18. The maximum Gasteiger partial charge on any atom is 0.169 e. The van der Waals surface area contributed by atoms with Gasteiger partial charge >= 0.3 is 0 Å². The second kappa shape index (κ2) is 3.17. The van der Waals surface area contributed by atoms with Gasteiger partial charge in [-0.3, -0.25) is 9.89 Å². The third-order valence-electron chi connectivity index (χ3n) is 2.55. The topological polar surface area (TPSA) is 45.8 Å². The van der Waals surface area contributed by atoms with Crippen LogP contribution in [0.4, 0.5) is 0 Å². The summed E-state index contributed by atoms with van der Waals surface area (Å²) >= 11 is 0. The lowest BCUT2D eigenvalue weighted by molar-refractivity contribution is 0.0903. The van der Waals surface area contributed by atoms with Crippen molar-refractivity contribution in [1.82, 2.24) is 10.2 Å². The largest absolute Gasteiger partial charge is 0.294 e. The second-order valence-electron chi connectivity index (χ2n) is 3.39. The Balaban J connectivity index is 2.27. The Kier molecular flexibility index (Phi) is 2.00. The maximum atomic E-state index is 11.8. The van der Waals surface area contributed by atoms with Crippen molar-refractivity contribution in [3.8, 4) is 0 Å². The molecular formula is C10H12N2O. The first-order chi connectivity index (χ1) is 6.33. The van der Waals surface area contributed by atoms with E-state index in [9.17, 15) is 4.79 Å². The Morgan fingerprint density at radius 2 is 2.62 bits per heavy atom. The molecule has 0 aromatic carbocycles. The minimum absolute atomic E-state index is 0.127. The first-order valence-corrected chi connectivity index (χ1v) is 4.50. The fourth-order valence-corrected chi connectivity index (χ4v) is 1.81. The number of nitrogens with zero attached hydrogens (tertiary/aromatic N) is 1. The lowest BCUT2D eigenvalue weighted by Crippen LogP contribution is -2.21. The minimum Gasteiger partial charge on any atom is -0.294 e. The number of aryl methyl sites for hydroxylation is 1. The molecule has 1 aliphatic rings. The zero-order chi connectivity index (χ0) is 9.26. The van der Waals surface area contributed by atoms with Gasteiger partial charge in [-0.15, -0.1) is 6.58 Å². The summed E-state index contributed by atoms with van der Waals surface area (Å²) in [5, 5.41) is 6.73. The summed E-state index contributed by atoms with van der Waals surface area (Å²) in [6, 6.07) is 0. The highest BCUT2D eigenvalue weighted by atomic mass is 16.1. The van der Waals surface area contributed by atoms with Crippen LogP contribution in [0.3, 0.4) is 0 Å². The van der Waals surface area contributed by atoms with Crippen LogP contribution in [0.5, 0.6) is 0 Å². The van der Waals surface area contributed by atoms with Crippen molar-refractivity contribution in [3.63, 3.8) is 0 Å². The van der Waals surface area contributed by atoms with Crippen LogP contribution in [-0.2, 0) is 6.42 Å². The Labute approximate surface area is 76.8 Å². The molecule has 3 nitrogen and oxygen atoms in total. The summed E-state index contributed by atoms with van der Waals surface area (Å²) in [6.45, 7) is 3.66. The molecule has 1 aliphatic carbocycles. The van der Waals surface area contributed by atoms with Crippen LogP contribution in [0, 0.1) is 5.92 Å². The summed E-state index contributed by atoms with van der Waals surface area (Å²) in [6.07, 6.45) is 6.07. The molecule has 0 amide bonds. The zero-order valence-corrected chi connectivity index (χ0v) is 7.42. The van der Waals surface area contributed by atoms with Crippen molar-refractivity contribution < 1.29 is 4.79 Å². The van der Waals surface area contributed by atoms with Gasteiger partial charge < -0.3 is 0 Å². The molecule has 68 valence electrons. The molecule has 1 atom stereocenters. The number of H-pyrrole nitrogens is 1. The van der Waals surface area contributed by atoms with E-state index in [2.05, 4.69) is 16.8 Å². The third-order valence-corrected chi connectivity index (χ3v) is 2.55. The van der Waals surface area contributed by atoms with E-state index in [4.69, 9.17) is 0 Å². The molecule has 1 aromatic heterocycles. The van der Waals surface area contributed by atoms with Gasteiger partial charge in [-0.05, 0) is 19.3 Å². The van der Waals surface area contributed by atoms with Crippen LogP contribution < -0.4 is 0 Å². The molecule has 0 radical (unpaired) electrons. The molecule has 0 fully saturated rings. The van der Waals surface area contributed by atoms with Crippen molar-refractivity contribution in [2.45, 2.75) is 19.3 Å². The van der Waals surface area contributed by atoms with Crippen molar-refractivity contribution in [2.75, 3.05) is 0 Å². The number of rotatable bonds is 2. The Hall–Kier alpha value is -1.38. The Morgan fingerprint density at radius 3 is 3.38 bits per heavy atom. The van der Waals surface area contributed by atoms with E-state index in [-0.39, 0.29) is 11.7 Å². The molecule has 0 spiro atoms. The van der Waals surface area contributed by atoms with Gasteiger partial charge in [0.2, 0.25) is 0 Å². The van der Waals surface area contributed by atoms with Gasteiger partial charge in [0.05, 0.1) is 11.8 Å². The van der Waals surface area contributed by atoms with E-state index in [1.165, 1.54) is 0 Å². The summed E-state index contributed by atoms with van der Waals surface area (Å²) in [5.41, 5.74) is 1.77. The molecular weight excluding hydrogens is 164 g/mol. The van der Waals surface area contributed by atoms with E-state index in [1.807, 2.05) is 6.08 Å². The molecule has 1 heterocycles. The number of allylic oxidation sites excluding steroid dienone is 1. The fraction of sp³-hybridized carbons (Fsp3) is 0.400. The first kappa shape index (κ1) is 8.23. The number of ketones is 1. The molecule has 0 saturated heterocycles. The molecule has 0 saturated carbocycles. The van der Waals surface area contributed by atoms with Gasteiger partial charge in [-0.2, -0.15) is 5.10 Å². The van der Waals surface area contributed by atoms with Crippen LogP contribution in [0.2, 0.25) is 0 Å². The maximum absolute atomic E-state index is 11.8. The number of hydrogen-bond donors (Lipinski definition) is 1. The van der Waals surface area contributed by atoms with Gasteiger partial charge in [0.1, 0.15) is 0 Å². The zero-order valence-electron chi connectivity index (χ0n) is 7.42. The number of carbonyl (C=O) groups excluding carboxylic acids is 1. The summed E-state index contributed by atoms with van der Waals surface area (Å²) in [7, 11) is 0. The average Bonchev–Trinajstić information content (AvgIpc) is 2.58. The Morgan fingerprint density at radius 1 is 1.77 bits per heavy atom. The minimum atomic E-state index is 0.127. The fourth-order valence-electron chi connectivity index (χ4n) is 1.81. The second-order valence-corrected chi connectivity index (χ2v) is 3.39. The van der Waals surface area contributed by atoms with E-state index in [1.54, 1.807) is 6.20 Å². The number of aromatic amines is 1. The van der Waals surface area contributed by atoms with Crippen molar-refractivity contribution in [3.05, 3.63) is 30.1 Å². The monoisotopic (exact) mass is 176 g/mol. The number of aromatic nitrogens is 2. The predicted octanol–water partition coefficient (Wildman–Crippen LogP) is 1.73. The van der Waals surface area contributed by atoms with E-state index in [0.29, 0.717) is 0 Å². The normalized spacial score (nSPS) is 21.2. The van der Waals surface area contributed by atoms with E-state index >= 15 is 0 Å². The molecule has 13 heavy (non-hydrogen) atoms. The SMILES string of the molecule is C=CCC1CCc2[nH]ncc2C1=O. The highest BCUT2D eigenvalue weighted by Crippen LogP contribution is 2.25.